The van der Waals surface area contributed by atoms with E-state index in [9.17, 15) is 14.7 Å². The van der Waals surface area contributed by atoms with E-state index in [1.807, 2.05) is 24.3 Å². The van der Waals surface area contributed by atoms with Crippen LogP contribution in [0, 0.1) is 5.92 Å². The van der Waals surface area contributed by atoms with Gasteiger partial charge in [-0.1, -0.05) is 61.2 Å². The van der Waals surface area contributed by atoms with Crippen molar-refractivity contribution < 1.29 is 24.9 Å². The lowest BCUT2D eigenvalue weighted by Gasteiger charge is -2.13. The van der Waals surface area contributed by atoms with Crippen LogP contribution >= 0.6 is 11.6 Å². The summed E-state index contributed by atoms with van der Waals surface area (Å²) in [5.74, 6) is -0.0704. The van der Waals surface area contributed by atoms with Gasteiger partial charge in [-0.2, -0.15) is 0 Å². The van der Waals surface area contributed by atoms with Crippen molar-refractivity contribution in [1.82, 2.24) is 5.32 Å². The van der Waals surface area contributed by atoms with E-state index in [2.05, 4.69) is 5.32 Å². The summed E-state index contributed by atoms with van der Waals surface area (Å²) in [6.07, 6.45) is 10.4. The molecule has 1 aromatic carbocycles. The van der Waals surface area contributed by atoms with Crippen LogP contribution in [0.15, 0.2) is 48.1 Å². The summed E-state index contributed by atoms with van der Waals surface area (Å²) < 4.78 is 0. The third kappa shape index (κ3) is 9.25. The average molecular weight is 464 g/mol. The number of benzene rings is 1. The molecule has 0 radical (unpaired) electrons. The zero-order valence-electron chi connectivity index (χ0n) is 18.4. The fourth-order valence-electron chi connectivity index (χ4n) is 3.79. The molecular weight excluding hydrogens is 430 g/mol. The number of allylic oxidation sites excluding steroid dienone is 3. The van der Waals surface area contributed by atoms with Crippen molar-refractivity contribution in [1.29, 1.82) is 0 Å². The molecule has 0 unspecified atom stereocenters. The monoisotopic (exact) mass is 463 g/mol. The third-order valence-electron chi connectivity index (χ3n) is 5.65. The average Bonchev–Trinajstić information content (AvgIpc) is 3.13. The molecule has 0 aliphatic heterocycles. The van der Waals surface area contributed by atoms with Crippen LogP contribution in [0.1, 0.15) is 50.5 Å². The van der Waals surface area contributed by atoms with Crippen molar-refractivity contribution in [3.8, 4) is 0 Å². The predicted molar refractivity (Wildman–Crippen MR) is 125 cm³/mol. The molecule has 0 saturated heterocycles. The number of carbonyl (C=O) groups is 2. The van der Waals surface area contributed by atoms with E-state index in [-0.39, 0.29) is 30.8 Å². The second-order valence-corrected chi connectivity index (χ2v) is 8.70. The van der Waals surface area contributed by atoms with Gasteiger partial charge in [0.25, 0.3) is 0 Å². The number of hydrogen-bond donors (Lipinski definition) is 4. The Kier molecular flexibility index (Phi) is 11.7. The number of hydrogen-bond acceptors (Lipinski definition) is 5. The Morgan fingerprint density at radius 3 is 2.50 bits per heavy atom. The van der Waals surface area contributed by atoms with Gasteiger partial charge in [0.05, 0.1) is 25.4 Å². The van der Waals surface area contributed by atoms with Crippen LogP contribution in [-0.4, -0.2) is 52.4 Å². The largest absolute Gasteiger partial charge is 0.394 e. The van der Waals surface area contributed by atoms with Crippen molar-refractivity contribution in [2.75, 3.05) is 13.2 Å². The molecule has 0 aromatic heterocycles. The molecule has 2 rings (SSSR count). The number of aliphatic hydroxyl groups is 3. The zero-order chi connectivity index (χ0) is 23.3. The van der Waals surface area contributed by atoms with E-state index < -0.39 is 12.1 Å². The highest BCUT2D eigenvalue weighted by atomic mass is 35.5. The Bertz CT molecular complexity index is 786. The lowest BCUT2D eigenvalue weighted by atomic mass is 9.92. The Hall–Kier alpha value is -1.99. The first-order chi connectivity index (χ1) is 15.4. The highest BCUT2D eigenvalue weighted by molar-refractivity contribution is 6.30. The number of halogens is 1. The minimum atomic E-state index is -0.629. The zero-order valence-corrected chi connectivity index (χ0v) is 19.1. The molecule has 1 aliphatic carbocycles. The van der Waals surface area contributed by atoms with Crippen LogP contribution in [0.4, 0.5) is 0 Å². The summed E-state index contributed by atoms with van der Waals surface area (Å²) in [6.45, 7) is -0.555. The maximum Gasteiger partial charge on any atom is 0.220 e. The summed E-state index contributed by atoms with van der Waals surface area (Å²) in [7, 11) is 0. The van der Waals surface area contributed by atoms with Gasteiger partial charge in [-0.15, -0.1) is 0 Å². The second kappa shape index (κ2) is 14.2. The van der Waals surface area contributed by atoms with E-state index in [0.717, 1.165) is 43.2 Å². The molecule has 0 saturated carbocycles. The molecule has 0 heterocycles. The number of ketones is 1. The molecule has 0 fully saturated rings. The van der Waals surface area contributed by atoms with E-state index in [0.29, 0.717) is 24.3 Å². The molecule has 1 amide bonds. The Morgan fingerprint density at radius 2 is 1.81 bits per heavy atom. The van der Waals surface area contributed by atoms with Crippen LogP contribution < -0.4 is 5.32 Å². The van der Waals surface area contributed by atoms with Gasteiger partial charge >= 0.3 is 0 Å². The van der Waals surface area contributed by atoms with Crippen molar-refractivity contribution in [3.05, 3.63) is 58.7 Å². The molecule has 0 spiro atoms. The lowest BCUT2D eigenvalue weighted by Crippen LogP contribution is -2.39. The van der Waals surface area contributed by atoms with Crippen LogP contribution in [0.25, 0.3) is 0 Å². The molecule has 4 N–H and O–H groups in total. The molecule has 32 heavy (non-hydrogen) atoms. The molecule has 176 valence electrons. The highest BCUT2D eigenvalue weighted by Crippen LogP contribution is 2.29. The second-order valence-electron chi connectivity index (χ2n) is 8.27. The first-order valence-electron chi connectivity index (χ1n) is 11.3. The standard InChI is InChI=1S/C25H34ClNO5/c26-20-11-7-18(8-12-20)15-22(30)13-9-19-10-14-24(31)23(19)5-3-1-2-4-6-25(32)27-21(16-28)17-29/h7-13,21-23,28-30H,1-6,14-17H2,(H,27,32)/b13-9+/t22-,23-/m1/s1. The molecule has 2 atom stereocenters. The van der Waals surface area contributed by atoms with E-state index in [1.54, 1.807) is 18.2 Å². The molecule has 0 bridgehead atoms. The number of rotatable bonds is 14. The minimum absolute atomic E-state index is 0.118. The summed E-state index contributed by atoms with van der Waals surface area (Å²) >= 11 is 5.89. The van der Waals surface area contributed by atoms with Gasteiger partial charge in [0.1, 0.15) is 5.78 Å². The smallest absolute Gasteiger partial charge is 0.220 e. The quantitative estimate of drug-likeness (QED) is 0.317. The maximum atomic E-state index is 12.3. The fraction of sp³-hybridized carbons (Fsp3) is 0.520. The van der Waals surface area contributed by atoms with Gasteiger partial charge in [-0.25, -0.2) is 0 Å². The van der Waals surface area contributed by atoms with Gasteiger partial charge in [0.15, 0.2) is 0 Å². The molecule has 1 aromatic rings. The van der Waals surface area contributed by atoms with Crippen molar-refractivity contribution >= 4 is 23.3 Å². The molecule has 1 aliphatic rings. The summed E-state index contributed by atoms with van der Waals surface area (Å²) in [6, 6.07) is 6.78. The minimum Gasteiger partial charge on any atom is -0.394 e. The van der Waals surface area contributed by atoms with Crippen molar-refractivity contribution in [2.45, 2.75) is 63.5 Å². The molecule has 7 heteroatoms. The topological polar surface area (TPSA) is 107 Å². The number of aliphatic hydroxyl groups excluding tert-OH is 3. The highest BCUT2D eigenvalue weighted by Gasteiger charge is 2.25. The van der Waals surface area contributed by atoms with Gasteiger partial charge in [-0.3, -0.25) is 9.59 Å². The summed E-state index contributed by atoms with van der Waals surface area (Å²) in [4.78, 5) is 24.0. The van der Waals surface area contributed by atoms with Crippen molar-refractivity contribution in [3.63, 3.8) is 0 Å². The molecule has 6 nitrogen and oxygen atoms in total. The van der Waals surface area contributed by atoms with Crippen LogP contribution in [0.5, 0.6) is 0 Å². The van der Waals surface area contributed by atoms with Crippen LogP contribution in [-0.2, 0) is 16.0 Å². The first kappa shape index (κ1) is 26.3. The normalized spacial score (nSPS) is 17.2. The van der Waals surface area contributed by atoms with Crippen molar-refractivity contribution in [2.24, 2.45) is 5.92 Å². The van der Waals surface area contributed by atoms with Gasteiger partial charge < -0.3 is 20.6 Å². The number of amides is 1. The van der Waals surface area contributed by atoms with E-state index in [1.165, 1.54) is 0 Å². The van der Waals surface area contributed by atoms with E-state index >= 15 is 0 Å². The van der Waals surface area contributed by atoms with Crippen LogP contribution in [0.3, 0.4) is 0 Å². The number of unbranched alkanes of at least 4 members (excludes halogenated alkanes) is 3. The number of Topliss-reactive ketones (excluding diaryl/α,β-unsaturated/α-hetero) is 1. The first-order valence-corrected chi connectivity index (χ1v) is 11.6. The van der Waals surface area contributed by atoms with Gasteiger partial charge in [0.2, 0.25) is 5.91 Å². The van der Waals surface area contributed by atoms with Gasteiger partial charge in [-0.05, 0) is 36.1 Å². The number of nitrogens with one attached hydrogen (secondary N) is 1. The lowest BCUT2D eigenvalue weighted by molar-refractivity contribution is -0.122. The SMILES string of the molecule is O=C(CCCCCC[C@H]1C(=O)CC=C1/C=C/[C@@H](O)Cc1ccc(Cl)cc1)NC(CO)CO. The van der Waals surface area contributed by atoms with E-state index in [4.69, 9.17) is 21.8 Å². The fourth-order valence-corrected chi connectivity index (χ4v) is 3.92. The number of carbonyl (C=O) groups excluding carboxylic acids is 2. The third-order valence-corrected chi connectivity index (χ3v) is 5.90. The van der Waals surface area contributed by atoms with Crippen LogP contribution in [0.2, 0.25) is 5.02 Å². The maximum absolute atomic E-state index is 12.3. The summed E-state index contributed by atoms with van der Waals surface area (Å²) in [5, 5.41) is 31.5. The Morgan fingerprint density at radius 1 is 1.12 bits per heavy atom. The molecular formula is C25H34ClNO5. The summed E-state index contributed by atoms with van der Waals surface area (Å²) in [5.41, 5.74) is 1.97. The Balaban J connectivity index is 1.68. The Labute approximate surface area is 195 Å². The van der Waals surface area contributed by atoms with Gasteiger partial charge in [0, 0.05) is 30.2 Å². The predicted octanol–water partition coefficient (Wildman–Crippen LogP) is 3.13.